The predicted molar refractivity (Wildman–Crippen MR) is 100 cm³/mol. The maximum Gasteiger partial charge on any atom is 0.524 e. The first kappa shape index (κ1) is 18.5. The number of benzene rings is 2. The molecule has 0 fully saturated rings. The molecule has 2 N–H and O–H groups in total. The number of hydrogen-bond acceptors (Lipinski definition) is 5. The first-order chi connectivity index (χ1) is 10.8. The molecule has 0 aliphatic heterocycles. The molecule has 0 bridgehead atoms. The zero-order chi connectivity index (χ0) is 16.9. The van der Waals surface area contributed by atoms with E-state index in [1.54, 1.807) is 35.7 Å². The van der Waals surface area contributed by atoms with Gasteiger partial charge in [-0.25, -0.2) is 4.57 Å². The molecule has 0 spiro atoms. The van der Waals surface area contributed by atoms with Crippen molar-refractivity contribution in [3.05, 3.63) is 59.7 Å². The van der Waals surface area contributed by atoms with Crippen LogP contribution in [0.4, 0.5) is 0 Å². The van der Waals surface area contributed by atoms with Gasteiger partial charge in [-0.1, -0.05) is 53.8 Å². The van der Waals surface area contributed by atoms with Crippen molar-refractivity contribution in [1.82, 2.24) is 0 Å². The summed E-state index contributed by atoms with van der Waals surface area (Å²) in [4.78, 5) is 18.6. The van der Waals surface area contributed by atoms with Gasteiger partial charge in [-0.15, -0.1) is 11.8 Å². The standard InChI is InChI=1S/C15H15O4PS3/c1-11-2-8-14(9-3-11)23-15(21)22-10-12-4-6-13(7-5-12)19-20(16,17)18/h2-9H,10H2,1H3,(H2,16,17,18). The average Bonchev–Trinajstić information content (AvgIpc) is 2.47. The van der Waals surface area contributed by atoms with Crippen LogP contribution in [0.25, 0.3) is 0 Å². The number of rotatable bonds is 5. The number of thioether (sulfide) groups is 2. The van der Waals surface area contributed by atoms with Crippen LogP contribution in [0.1, 0.15) is 11.1 Å². The van der Waals surface area contributed by atoms with E-state index in [1.165, 1.54) is 17.7 Å². The van der Waals surface area contributed by atoms with E-state index in [2.05, 4.69) is 16.7 Å². The number of hydrogen-bond donors (Lipinski definition) is 2. The lowest BCUT2D eigenvalue weighted by Crippen LogP contribution is -1.91. The Labute approximate surface area is 148 Å². The fraction of sp³-hybridized carbons (Fsp3) is 0.133. The number of phosphoric acid groups is 1. The van der Waals surface area contributed by atoms with Gasteiger partial charge in [0.2, 0.25) is 0 Å². The van der Waals surface area contributed by atoms with Crippen LogP contribution in [0.2, 0.25) is 0 Å². The molecule has 0 unspecified atom stereocenters. The van der Waals surface area contributed by atoms with E-state index in [0.29, 0.717) is 5.75 Å². The molecule has 8 heteroatoms. The second-order valence-electron chi connectivity index (χ2n) is 4.68. The number of thiocarbonyl (C=S) groups is 1. The van der Waals surface area contributed by atoms with Gasteiger partial charge >= 0.3 is 7.82 Å². The Balaban J connectivity index is 1.84. The minimum absolute atomic E-state index is 0.142. The Hall–Kier alpha value is -0.820. The van der Waals surface area contributed by atoms with Crippen LogP contribution in [0.5, 0.6) is 5.75 Å². The fourth-order valence-electron chi connectivity index (χ4n) is 1.66. The summed E-state index contributed by atoms with van der Waals surface area (Å²) in [6.45, 7) is 2.04. The maximum atomic E-state index is 10.7. The number of phosphoric ester groups is 1. The lowest BCUT2D eigenvalue weighted by atomic mass is 10.2. The Morgan fingerprint density at radius 3 is 2.30 bits per heavy atom. The van der Waals surface area contributed by atoms with Crippen molar-refractivity contribution in [2.24, 2.45) is 0 Å². The van der Waals surface area contributed by atoms with Crippen molar-refractivity contribution < 1.29 is 18.9 Å². The van der Waals surface area contributed by atoms with Crippen molar-refractivity contribution >= 4 is 47.1 Å². The summed E-state index contributed by atoms with van der Waals surface area (Å²) in [6, 6.07) is 14.8. The van der Waals surface area contributed by atoms with E-state index in [0.717, 1.165) is 14.0 Å². The van der Waals surface area contributed by atoms with Crippen LogP contribution in [-0.2, 0) is 10.3 Å². The van der Waals surface area contributed by atoms with Gasteiger partial charge in [-0.2, -0.15) is 0 Å². The third-order valence-electron chi connectivity index (χ3n) is 2.73. The molecule has 0 aliphatic carbocycles. The summed E-state index contributed by atoms with van der Waals surface area (Å²) in [5.41, 5.74) is 2.21. The Morgan fingerprint density at radius 1 is 1.13 bits per heavy atom. The van der Waals surface area contributed by atoms with Crippen LogP contribution >= 0.6 is 43.6 Å². The van der Waals surface area contributed by atoms with Crippen LogP contribution in [0.3, 0.4) is 0 Å². The van der Waals surface area contributed by atoms with Gasteiger partial charge < -0.3 is 4.52 Å². The van der Waals surface area contributed by atoms with Gasteiger partial charge in [-0.05, 0) is 36.8 Å². The SMILES string of the molecule is Cc1ccc(SC(=S)SCc2ccc(OP(=O)(O)O)cc2)cc1. The molecular weight excluding hydrogens is 371 g/mol. The predicted octanol–water partition coefficient (Wildman–Crippen LogP) is 4.78. The van der Waals surface area contributed by atoms with Gasteiger partial charge in [-0.3, -0.25) is 9.79 Å². The topological polar surface area (TPSA) is 66.8 Å². The minimum Gasteiger partial charge on any atom is -0.404 e. The molecule has 0 heterocycles. The molecule has 0 aliphatic rings. The van der Waals surface area contributed by atoms with Crippen LogP contribution < -0.4 is 4.52 Å². The highest BCUT2D eigenvalue weighted by molar-refractivity contribution is 8.46. The van der Waals surface area contributed by atoms with Crippen LogP contribution in [-0.4, -0.2) is 13.3 Å². The first-order valence-electron chi connectivity index (χ1n) is 6.57. The Bertz CT molecular complexity index is 711. The largest absolute Gasteiger partial charge is 0.524 e. The highest BCUT2D eigenvalue weighted by Crippen LogP contribution is 2.37. The van der Waals surface area contributed by atoms with Crippen LogP contribution in [0, 0.1) is 6.92 Å². The average molecular weight is 386 g/mol. The molecule has 122 valence electrons. The summed E-state index contributed by atoms with van der Waals surface area (Å²) in [6.07, 6.45) is 0. The summed E-state index contributed by atoms with van der Waals surface area (Å²) in [7, 11) is -4.51. The summed E-state index contributed by atoms with van der Waals surface area (Å²) in [5.74, 6) is 0.831. The van der Waals surface area contributed by atoms with Gasteiger partial charge in [0.25, 0.3) is 0 Å². The van der Waals surface area contributed by atoms with Crippen molar-refractivity contribution in [2.45, 2.75) is 17.6 Å². The summed E-state index contributed by atoms with van der Waals surface area (Å²) < 4.78 is 16.1. The van der Waals surface area contributed by atoms with E-state index < -0.39 is 7.82 Å². The highest BCUT2D eigenvalue weighted by atomic mass is 32.2. The molecule has 2 rings (SSSR count). The van der Waals surface area contributed by atoms with Crippen molar-refractivity contribution in [2.75, 3.05) is 0 Å². The second-order valence-corrected chi connectivity index (χ2v) is 9.10. The smallest absolute Gasteiger partial charge is 0.404 e. The van der Waals surface area contributed by atoms with Gasteiger partial charge in [0.1, 0.15) is 9.28 Å². The number of aryl methyl sites for hydroxylation is 1. The van der Waals surface area contributed by atoms with Crippen LogP contribution in [0.15, 0.2) is 53.4 Å². The summed E-state index contributed by atoms with van der Waals surface area (Å²) >= 11 is 8.46. The lowest BCUT2D eigenvalue weighted by molar-refractivity contribution is 0.283. The second kappa shape index (κ2) is 8.33. The molecule has 0 saturated carbocycles. The molecule has 23 heavy (non-hydrogen) atoms. The zero-order valence-corrected chi connectivity index (χ0v) is 15.6. The lowest BCUT2D eigenvalue weighted by Gasteiger charge is -2.08. The molecular formula is C15H15O4PS3. The zero-order valence-electron chi connectivity index (χ0n) is 12.2. The maximum absolute atomic E-state index is 10.7. The van der Waals surface area contributed by atoms with Gasteiger partial charge in [0.05, 0.1) is 0 Å². The molecule has 0 aromatic heterocycles. The Morgan fingerprint density at radius 2 is 1.74 bits per heavy atom. The minimum atomic E-state index is -4.51. The molecule has 0 amide bonds. The molecule has 2 aromatic rings. The molecule has 4 nitrogen and oxygen atoms in total. The van der Waals surface area contributed by atoms with Gasteiger partial charge in [0.15, 0.2) is 0 Å². The monoisotopic (exact) mass is 386 g/mol. The molecule has 2 aromatic carbocycles. The molecule has 0 atom stereocenters. The quantitative estimate of drug-likeness (QED) is 0.436. The first-order valence-corrected chi connectivity index (χ1v) is 10.3. The Kier molecular flexibility index (Phi) is 6.71. The van der Waals surface area contributed by atoms with Crippen molar-refractivity contribution in [3.8, 4) is 5.75 Å². The third kappa shape index (κ3) is 7.08. The summed E-state index contributed by atoms with van der Waals surface area (Å²) in [5, 5.41) is 0. The third-order valence-corrected chi connectivity index (χ3v) is 5.77. The fourth-order valence-corrected chi connectivity index (χ4v) is 4.16. The molecule has 0 saturated heterocycles. The van der Waals surface area contributed by atoms with E-state index >= 15 is 0 Å². The normalized spacial score (nSPS) is 11.3. The van der Waals surface area contributed by atoms with E-state index in [9.17, 15) is 4.57 Å². The van der Waals surface area contributed by atoms with Crippen molar-refractivity contribution in [1.29, 1.82) is 0 Å². The van der Waals surface area contributed by atoms with E-state index in [4.69, 9.17) is 22.0 Å². The molecule has 0 radical (unpaired) electrons. The van der Waals surface area contributed by atoms with Gasteiger partial charge in [0, 0.05) is 10.6 Å². The van der Waals surface area contributed by atoms with Crippen molar-refractivity contribution in [3.63, 3.8) is 0 Å². The van der Waals surface area contributed by atoms with E-state index in [1.807, 2.05) is 19.1 Å². The van der Waals surface area contributed by atoms with E-state index in [-0.39, 0.29) is 5.75 Å². The highest BCUT2D eigenvalue weighted by Gasteiger charge is 2.15.